The highest BCUT2D eigenvalue weighted by Gasteiger charge is 2.28. The highest BCUT2D eigenvalue weighted by molar-refractivity contribution is 5.99. The number of Topliss-reactive ketones (excluding diaryl/α,β-unsaturated/α-hetero) is 1. The monoisotopic (exact) mass is 735 g/mol. The zero-order valence-corrected chi connectivity index (χ0v) is 31.8. The van der Waals surface area contributed by atoms with Crippen molar-refractivity contribution in [1.82, 2.24) is 15.3 Å². The Labute approximate surface area is 318 Å². The van der Waals surface area contributed by atoms with Crippen LogP contribution >= 0.6 is 0 Å². The molecule has 286 valence electrons. The van der Waals surface area contributed by atoms with Crippen LogP contribution in [-0.4, -0.2) is 56.5 Å². The maximum Gasteiger partial charge on any atom is 0.326 e. The third-order valence-electron chi connectivity index (χ3n) is 9.42. The first-order valence-electron chi connectivity index (χ1n) is 18.9. The number of carbonyl (C=O) groups is 4. The van der Waals surface area contributed by atoms with Gasteiger partial charge in [-0.2, -0.15) is 0 Å². The molecule has 0 aliphatic carbocycles. The maximum atomic E-state index is 13.6. The molecule has 2 atom stereocenters. The SMILES string of the molecule is CCCCCCCOc1ccc(-c2cnc(-c3ccc(C[C@H](CC(=O)c4ccc(C(C)(C)C)cc4)C(=O)NC(CCCC(=O)O)C(=O)O)cc3)nc2)cc1. The summed E-state index contributed by atoms with van der Waals surface area (Å²) in [4.78, 5) is 59.2. The fourth-order valence-corrected chi connectivity index (χ4v) is 6.10. The predicted octanol–water partition coefficient (Wildman–Crippen LogP) is 8.71. The van der Waals surface area contributed by atoms with Crippen LogP contribution in [-0.2, 0) is 26.2 Å². The number of aliphatic carboxylic acids is 2. The molecule has 0 fully saturated rings. The summed E-state index contributed by atoms with van der Waals surface area (Å²) in [5.74, 6) is -2.63. The first-order valence-corrected chi connectivity index (χ1v) is 18.9. The highest BCUT2D eigenvalue weighted by Crippen LogP contribution is 2.26. The number of nitrogens with one attached hydrogen (secondary N) is 1. The van der Waals surface area contributed by atoms with E-state index in [1.54, 1.807) is 24.5 Å². The fourth-order valence-electron chi connectivity index (χ4n) is 6.10. The Morgan fingerprint density at radius 1 is 0.759 bits per heavy atom. The summed E-state index contributed by atoms with van der Waals surface area (Å²) in [6.07, 6.45) is 9.36. The largest absolute Gasteiger partial charge is 0.494 e. The van der Waals surface area contributed by atoms with Crippen molar-refractivity contribution in [2.24, 2.45) is 5.92 Å². The number of ether oxygens (including phenoxy) is 1. The molecule has 0 aliphatic rings. The van der Waals surface area contributed by atoms with E-state index in [0.717, 1.165) is 40.0 Å². The average Bonchev–Trinajstić information content (AvgIpc) is 3.15. The summed E-state index contributed by atoms with van der Waals surface area (Å²) >= 11 is 0. The summed E-state index contributed by atoms with van der Waals surface area (Å²) in [5.41, 5.74) is 4.83. The zero-order valence-electron chi connectivity index (χ0n) is 31.8. The molecule has 0 saturated heterocycles. The van der Waals surface area contributed by atoms with Crippen molar-refractivity contribution < 1.29 is 34.1 Å². The molecule has 1 amide bonds. The number of benzene rings is 3. The normalized spacial score (nSPS) is 12.4. The lowest BCUT2D eigenvalue weighted by Crippen LogP contribution is -2.44. The number of amides is 1. The van der Waals surface area contributed by atoms with Gasteiger partial charge in [0.1, 0.15) is 11.8 Å². The van der Waals surface area contributed by atoms with Gasteiger partial charge in [-0.1, -0.05) is 114 Å². The van der Waals surface area contributed by atoms with Crippen LogP contribution in [0.25, 0.3) is 22.5 Å². The topological polar surface area (TPSA) is 156 Å². The van der Waals surface area contributed by atoms with E-state index in [4.69, 9.17) is 9.84 Å². The Kier molecular flexibility index (Phi) is 15.5. The molecule has 4 aromatic rings. The van der Waals surface area contributed by atoms with E-state index < -0.39 is 29.8 Å². The molecule has 0 radical (unpaired) electrons. The number of carboxylic acid groups (broad SMARTS) is 2. The van der Waals surface area contributed by atoms with Gasteiger partial charge in [-0.3, -0.25) is 14.4 Å². The van der Waals surface area contributed by atoms with Crippen LogP contribution in [0.3, 0.4) is 0 Å². The molecule has 0 bridgehead atoms. The molecule has 10 nitrogen and oxygen atoms in total. The lowest BCUT2D eigenvalue weighted by molar-refractivity contribution is -0.143. The molecule has 3 aromatic carbocycles. The van der Waals surface area contributed by atoms with Gasteiger partial charge in [0.15, 0.2) is 11.6 Å². The molecule has 10 heteroatoms. The molecule has 1 aromatic heterocycles. The summed E-state index contributed by atoms with van der Waals surface area (Å²) in [7, 11) is 0. The lowest BCUT2D eigenvalue weighted by Gasteiger charge is -2.21. The Balaban J connectivity index is 1.44. The van der Waals surface area contributed by atoms with E-state index in [1.807, 2.05) is 60.7 Å². The van der Waals surface area contributed by atoms with Gasteiger partial charge in [0.25, 0.3) is 0 Å². The van der Waals surface area contributed by atoms with Crippen LogP contribution in [0.15, 0.2) is 85.2 Å². The highest BCUT2D eigenvalue weighted by atomic mass is 16.5. The molecule has 0 spiro atoms. The molecule has 54 heavy (non-hydrogen) atoms. The summed E-state index contributed by atoms with van der Waals surface area (Å²) in [6.45, 7) is 9.16. The van der Waals surface area contributed by atoms with E-state index >= 15 is 0 Å². The number of rotatable bonds is 21. The number of ketones is 1. The molecular formula is C44H53N3O7. The van der Waals surface area contributed by atoms with Crippen molar-refractivity contribution in [1.29, 1.82) is 0 Å². The number of aromatic nitrogens is 2. The van der Waals surface area contributed by atoms with Crippen LogP contribution in [0.2, 0.25) is 0 Å². The minimum atomic E-state index is -1.28. The van der Waals surface area contributed by atoms with Crippen molar-refractivity contribution in [3.05, 3.63) is 102 Å². The van der Waals surface area contributed by atoms with Crippen molar-refractivity contribution in [3.63, 3.8) is 0 Å². The fraction of sp³-hybridized carbons (Fsp3) is 0.409. The first-order chi connectivity index (χ1) is 25.8. The second kappa shape index (κ2) is 20.2. The average molecular weight is 736 g/mol. The van der Waals surface area contributed by atoms with Crippen LogP contribution < -0.4 is 10.1 Å². The van der Waals surface area contributed by atoms with Gasteiger partial charge in [-0.05, 0) is 59.9 Å². The second-order valence-corrected chi connectivity index (χ2v) is 14.8. The van der Waals surface area contributed by atoms with Crippen molar-refractivity contribution >= 4 is 23.6 Å². The van der Waals surface area contributed by atoms with Crippen LogP contribution in [0, 0.1) is 5.92 Å². The number of unbranched alkanes of at least 4 members (excludes halogenated alkanes) is 4. The third kappa shape index (κ3) is 12.9. The molecule has 1 unspecified atom stereocenters. The summed E-state index contributed by atoms with van der Waals surface area (Å²) in [5, 5.41) is 21.3. The van der Waals surface area contributed by atoms with Crippen molar-refractivity contribution in [2.75, 3.05) is 6.61 Å². The summed E-state index contributed by atoms with van der Waals surface area (Å²) < 4.78 is 5.89. The smallest absolute Gasteiger partial charge is 0.326 e. The Morgan fingerprint density at radius 2 is 1.39 bits per heavy atom. The van der Waals surface area contributed by atoms with Gasteiger partial charge in [-0.15, -0.1) is 0 Å². The standard InChI is InChI=1S/C44H53N3O7/c1-5-6-7-8-9-25-54-37-23-19-31(20-24-37)35-28-45-41(46-29-35)33-15-13-30(14-16-33)26-34(42(51)47-38(43(52)53)11-10-12-40(49)50)27-39(48)32-17-21-36(22-18-32)44(2,3)4/h13-24,28-29,34,38H,5-12,25-27H2,1-4H3,(H,47,51)(H,49,50)(H,52,53)/t34-,38?/m1/s1. The zero-order chi connectivity index (χ0) is 39.1. The second-order valence-electron chi connectivity index (χ2n) is 14.8. The minimum Gasteiger partial charge on any atom is -0.494 e. The van der Waals surface area contributed by atoms with Gasteiger partial charge < -0.3 is 20.3 Å². The van der Waals surface area contributed by atoms with E-state index in [-0.39, 0.29) is 43.3 Å². The number of nitrogens with zero attached hydrogens (tertiary/aromatic N) is 2. The van der Waals surface area contributed by atoms with Crippen LogP contribution in [0.5, 0.6) is 5.75 Å². The number of hydrogen-bond acceptors (Lipinski definition) is 7. The first kappa shape index (κ1) is 41.4. The minimum absolute atomic E-state index is 0.0469. The van der Waals surface area contributed by atoms with Gasteiger partial charge in [0, 0.05) is 47.8 Å². The van der Waals surface area contributed by atoms with Crippen LogP contribution in [0.1, 0.15) is 107 Å². The van der Waals surface area contributed by atoms with Crippen molar-refractivity contribution in [2.45, 2.75) is 103 Å². The Morgan fingerprint density at radius 3 is 1.98 bits per heavy atom. The van der Waals surface area contributed by atoms with E-state index in [9.17, 15) is 24.3 Å². The van der Waals surface area contributed by atoms with E-state index in [0.29, 0.717) is 18.0 Å². The molecule has 1 heterocycles. The van der Waals surface area contributed by atoms with E-state index in [1.165, 1.54) is 25.7 Å². The quantitative estimate of drug-likeness (QED) is 0.0563. The van der Waals surface area contributed by atoms with Crippen LogP contribution in [0.4, 0.5) is 0 Å². The number of hydrogen-bond donors (Lipinski definition) is 3. The lowest BCUT2D eigenvalue weighted by atomic mass is 9.85. The van der Waals surface area contributed by atoms with Gasteiger partial charge in [-0.25, -0.2) is 14.8 Å². The third-order valence-corrected chi connectivity index (χ3v) is 9.42. The maximum absolute atomic E-state index is 13.6. The van der Waals surface area contributed by atoms with Gasteiger partial charge in [0.2, 0.25) is 5.91 Å². The van der Waals surface area contributed by atoms with E-state index in [2.05, 4.69) is 43.0 Å². The Hall–Kier alpha value is -5.38. The predicted molar refractivity (Wildman–Crippen MR) is 209 cm³/mol. The molecule has 0 aliphatic heterocycles. The van der Waals surface area contributed by atoms with Gasteiger partial charge in [0.05, 0.1) is 6.61 Å². The molecular weight excluding hydrogens is 682 g/mol. The molecule has 4 rings (SSSR count). The van der Waals surface area contributed by atoms with Crippen molar-refractivity contribution in [3.8, 4) is 28.3 Å². The molecule has 3 N–H and O–H groups in total. The summed E-state index contributed by atoms with van der Waals surface area (Å²) in [6, 6.07) is 21.3. The number of carbonyl (C=O) groups excluding carboxylic acids is 2. The molecule has 0 saturated carbocycles. The Bertz CT molecular complexity index is 1810. The number of carboxylic acids is 2. The van der Waals surface area contributed by atoms with Gasteiger partial charge >= 0.3 is 11.9 Å².